The first-order chi connectivity index (χ1) is 18.1. The maximum atomic E-state index is 13.6. The highest BCUT2D eigenvalue weighted by molar-refractivity contribution is 5.94. The zero-order valence-electron chi connectivity index (χ0n) is 23.1. The average molecular weight is 512 g/mol. The van der Waals surface area contributed by atoms with E-state index in [0.29, 0.717) is 18.9 Å². The third-order valence-electron chi connectivity index (χ3n) is 7.50. The van der Waals surface area contributed by atoms with Crippen molar-refractivity contribution in [3.05, 3.63) is 119 Å². The summed E-state index contributed by atoms with van der Waals surface area (Å²) >= 11 is 0. The molecule has 4 aromatic rings. The number of carbonyl (C=O) groups excluding carboxylic acids is 1. The Balaban J connectivity index is 0.000000360. The molecule has 1 amide bonds. The van der Waals surface area contributed by atoms with Crippen molar-refractivity contribution >= 4 is 11.6 Å². The first-order valence-corrected chi connectivity index (χ1v) is 13.3. The second-order valence-electron chi connectivity index (χ2n) is 11.0. The molecule has 0 fully saturated rings. The predicted molar refractivity (Wildman–Crippen MR) is 153 cm³/mol. The van der Waals surface area contributed by atoms with Gasteiger partial charge in [-0.15, -0.1) is 0 Å². The summed E-state index contributed by atoms with van der Waals surface area (Å²) in [5, 5.41) is 0. The Morgan fingerprint density at radius 2 is 1.79 bits per heavy atom. The molecule has 1 heterocycles. The number of aryl methyl sites for hydroxylation is 3. The maximum absolute atomic E-state index is 13.6. The van der Waals surface area contributed by atoms with Crippen LogP contribution in [0.1, 0.15) is 67.6 Å². The number of hydrogen-bond donors (Lipinski definition) is 0. The van der Waals surface area contributed by atoms with E-state index >= 15 is 0 Å². The van der Waals surface area contributed by atoms with Crippen LogP contribution in [0.25, 0.3) is 0 Å². The van der Waals surface area contributed by atoms with Gasteiger partial charge in [0, 0.05) is 31.5 Å². The third-order valence-corrected chi connectivity index (χ3v) is 7.50. The Labute approximate surface area is 226 Å². The number of amides is 1. The summed E-state index contributed by atoms with van der Waals surface area (Å²) < 4.78 is 14.1. The fourth-order valence-electron chi connectivity index (χ4n) is 4.98. The van der Waals surface area contributed by atoms with Crippen LogP contribution in [-0.4, -0.2) is 15.5 Å². The van der Waals surface area contributed by atoms with Crippen LogP contribution in [0.15, 0.2) is 85.2 Å². The van der Waals surface area contributed by atoms with E-state index in [9.17, 15) is 9.18 Å². The molecular formula is C33H38FN3O. The minimum absolute atomic E-state index is 0.123. The minimum Gasteiger partial charge on any atom is -0.337 e. The molecule has 1 aromatic heterocycles. The van der Waals surface area contributed by atoms with Crippen molar-refractivity contribution in [2.45, 2.75) is 64.8 Å². The zero-order valence-corrected chi connectivity index (χ0v) is 23.1. The normalized spacial score (nSPS) is 14.4. The van der Waals surface area contributed by atoms with E-state index < -0.39 is 0 Å². The van der Waals surface area contributed by atoms with Gasteiger partial charge in [0.1, 0.15) is 11.6 Å². The molecule has 4 nitrogen and oxygen atoms in total. The predicted octanol–water partition coefficient (Wildman–Crippen LogP) is 7.51. The second kappa shape index (κ2) is 11.8. The minimum atomic E-state index is -0.248. The van der Waals surface area contributed by atoms with Crippen molar-refractivity contribution in [3.8, 4) is 0 Å². The van der Waals surface area contributed by atoms with Crippen molar-refractivity contribution in [1.82, 2.24) is 9.55 Å². The van der Waals surface area contributed by atoms with Gasteiger partial charge >= 0.3 is 0 Å². The number of fused-ring (bicyclic) bond motifs is 1. The molecule has 0 N–H and O–H groups in total. The summed E-state index contributed by atoms with van der Waals surface area (Å²) in [6, 6.07) is 23.2. The van der Waals surface area contributed by atoms with Crippen LogP contribution in [0.5, 0.6) is 0 Å². The van der Waals surface area contributed by atoms with E-state index in [1.165, 1.54) is 35.2 Å². The topological polar surface area (TPSA) is 38.1 Å². The molecule has 5 rings (SSSR count). The van der Waals surface area contributed by atoms with Crippen molar-refractivity contribution in [2.24, 2.45) is 7.05 Å². The maximum Gasteiger partial charge on any atom is 0.228 e. The Kier molecular flexibility index (Phi) is 8.45. The van der Waals surface area contributed by atoms with Crippen LogP contribution in [0, 0.1) is 12.7 Å². The molecule has 5 heteroatoms. The van der Waals surface area contributed by atoms with Crippen molar-refractivity contribution in [3.63, 3.8) is 0 Å². The number of hydrogen-bond acceptors (Lipinski definition) is 2. The monoisotopic (exact) mass is 511 g/mol. The number of imidazole rings is 1. The van der Waals surface area contributed by atoms with Gasteiger partial charge in [-0.1, -0.05) is 74.9 Å². The molecular weight excluding hydrogens is 473 g/mol. The molecule has 1 aliphatic carbocycles. The molecule has 0 saturated heterocycles. The lowest BCUT2D eigenvalue weighted by Gasteiger charge is -2.30. The molecule has 198 valence electrons. The van der Waals surface area contributed by atoms with Crippen molar-refractivity contribution in [1.29, 1.82) is 0 Å². The van der Waals surface area contributed by atoms with Crippen LogP contribution in [-0.2, 0) is 30.2 Å². The van der Waals surface area contributed by atoms with E-state index in [1.807, 2.05) is 47.8 Å². The fourth-order valence-corrected chi connectivity index (χ4v) is 4.98. The van der Waals surface area contributed by atoms with Gasteiger partial charge in [-0.05, 0) is 72.1 Å². The summed E-state index contributed by atoms with van der Waals surface area (Å²) in [6.07, 6.45) is 6.47. The fraction of sp³-hybridized carbons (Fsp3) is 0.333. The largest absolute Gasteiger partial charge is 0.337 e. The summed E-state index contributed by atoms with van der Waals surface area (Å²) in [4.78, 5) is 20.0. The van der Waals surface area contributed by atoms with Gasteiger partial charge in [0.25, 0.3) is 0 Å². The number of anilines is 1. The molecule has 0 spiro atoms. The molecule has 0 aliphatic heterocycles. The van der Waals surface area contributed by atoms with Crippen LogP contribution < -0.4 is 4.90 Å². The van der Waals surface area contributed by atoms with Gasteiger partial charge in [0.2, 0.25) is 5.91 Å². The molecule has 38 heavy (non-hydrogen) atoms. The molecule has 0 bridgehead atoms. The van der Waals surface area contributed by atoms with Gasteiger partial charge in [-0.25, -0.2) is 9.37 Å². The number of nitrogens with zero attached hydrogens (tertiary/aromatic N) is 3. The van der Waals surface area contributed by atoms with Gasteiger partial charge in [-0.2, -0.15) is 0 Å². The number of carbonyl (C=O) groups is 1. The smallest absolute Gasteiger partial charge is 0.228 e. The second-order valence-corrected chi connectivity index (χ2v) is 11.0. The van der Waals surface area contributed by atoms with E-state index in [1.54, 1.807) is 18.3 Å². The lowest BCUT2D eigenvalue weighted by molar-refractivity contribution is -0.119. The highest BCUT2D eigenvalue weighted by Gasteiger charge is 2.29. The van der Waals surface area contributed by atoms with Gasteiger partial charge in [0.15, 0.2) is 0 Å². The Hall–Kier alpha value is -3.73. The summed E-state index contributed by atoms with van der Waals surface area (Å²) in [5.41, 5.74) is 5.79. The summed E-state index contributed by atoms with van der Waals surface area (Å²) in [6.45, 7) is 8.97. The zero-order chi connectivity index (χ0) is 27.3. The standard InChI is InChI=1S/C26H31N3O.C7H7F/c1-19-10-11-20-12-13-22(16-23(19)20)29(18-24-27-14-15-28(24)4)25(30)17-26(2,3)21-8-6-5-7-9-21;1-6-2-4-7(8)5-3-6/h5-9,12-16,19H,10-11,17-18H2,1-4H3;2-5H,1H3/t19-;/m1./s1. The van der Waals surface area contributed by atoms with Crippen LogP contribution in [0.2, 0.25) is 0 Å². The SMILES string of the molecule is C[C@@H]1CCc2ccc(N(Cc3nccn3C)C(=O)CC(C)(C)c3ccccc3)cc21.Cc1ccc(F)cc1. The van der Waals surface area contributed by atoms with Crippen molar-refractivity contribution in [2.75, 3.05) is 4.90 Å². The summed E-state index contributed by atoms with van der Waals surface area (Å²) in [7, 11) is 1.98. The van der Waals surface area contributed by atoms with E-state index in [0.717, 1.165) is 23.5 Å². The first-order valence-electron chi connectivity index (χ1n) is 13.3. The average Bonchev–Trinajstić information content (AvgIpc) is 3.49. The molecule has 3 aromatic carbocycles. The number of halogens is 1. The van der Waals surface area contributed by atoms with Crippen molar-refractivity contribution < 1.29 is 9.18 Å². The van der Waals surface area contributed by atoms with E-state index in [4.69, 9.17) is 0 Å². The molecule has 1 atom stereocenters. The number of rotatable bonds is 6. The van der Waals surface area contributed by atoms with E-state index in [2.05, 4.69) is 56.1 Å². The van der Waals surface area contributed by atoms with Crippen LogP contribution in [0.3, 0.4) is 0 Å². The third kappa shape index (κ3) is 6.58. The first kappa shape index (κ1) is 27.3. The van der Waals surface area contributed by atoms with Gasteiger partial charge in [0.05, 0.1) is 6.54 Å². The van der Waals surface area contributed by atoms with Gasteiger partial charge in [-0.3, -0.25) is 4.79 Å². The van der Waals surface area contributed by atoms with Crippen LogP contribution in [0.4, 0.5) is 10.1 Å². The summed E-state index contributed by atoms with van der Waals surface area (Å²) in [5.74, 6) is 1.38. The lowest BCUT2D eigenvalue weighted by atomic mass is 9.81. The highest BCUT2D eigenvalue weighted by Crippen LogP contribution is 2.36. The molecule has 0 saturated carbocycles. The molecule has 0 unspecified atom stereocenters. The number of benzene rings is 3. The van der Waals surface area contributed by atoms with Gasteiger partial charge < -0.3 is 9.47 Å². The molecule has 0 radical (unpaired) electrons. The highest BCUT2D eigenvalue weighted by atomic mass is 19.1. The number of aromatic nitrogens is 2. The lowest BCUT2D eigenvalue weighted by Crippen LogP contribution is -2.36. The molecule has 1 aliphatic rings. The van der Waals surface area contributed by atoms with Crippen LogP contribution >= 0.6 is 0 Å². The quantitative estimate of drug-likeness (QED) is 0.269. The van der Waals surface area contributed by atoms with E-state index in [-0.39, 0.29) is 17.1 Å². The Bertz CT molecular complexity index is 1340. The Morgan fingerprint density at radius 3 is 2.42 bits per heavy atom. The Morgan fingerprint density at radius 1 is 1.08 bits per heavy atom.